The Morgan fingerprint density at radius 3 is 2.90 bits per heavy atom. The molecule has 0 amide bonds. The lowest BCUT2D eigenvalue weighted by molar-refractivity contribution is 0.0696. The number of aromatic nitrogens is 2. The number of carboxylic acids is 1. The minimum absolute atomic E-state index is 0.0101. The molecule has 2 heterocycles. The van der Waals surface area contributed by atoms with Crippen LogP contribution in [0.5, 0.6) is 0 Å². The van der Waals surface area contributed by atoms with Crippen molar-refractivity contribution >= 4 is 17.0 Å². The van der Waals surface area contributed by atoms with Crippen LogP contribution in [0, 0.1) is 11.2 Å². The average Bonchev–Trinajstić information content (AvgIpc) is 2.91. The Morgan fingerprint density at radius 1 is 1.55 bits per heavy atom. The summed E-state index contributed by atoms with van der Waals surface area (Å²) < 4.78 is 21.2. The molecule has 1 N–H and O–H groups in total. The highest BCUT2D eigenvalue weighted by atomic mass is 19.1. The Balaban J connectivity index is 2.20. The van der Waals surface area contributed by atoms with Gasteiger partial charge in [-0.1, -0.05) is 13.8 Å². The zero-order valence-electron chi connectivity index (χ0n) is 11.3. The van der Waals surface area contributed by atoms with E-state index in [1.807, 2.05) is 4.57 Å². The number of hydrogen-bond acceptors (Lipinski definition) is 3. The Labute approximate surface area is 115 Å². The molecule has 20 heavy (non-hydrogen) atoms. The number of rotatable bonds is 2. The molecule has 1 atom stereocenters. The monoisotopic (exact) mass is 278 g/mol. The van der Waals surface area contributed by atoms with Gasteiger partial charge in [0.1, 0.15) is 5.52 Å². The minimum atomic E-state index is -1.15. The SMILES string of the molecule is CC1(C)COCC1n1cnc2c(F)cc(C(=O)O)cc21. The number of benzene rings is 1. The van der Waals surface area contributed by atoms with Crippen molar-refractivity contribution < 1.29 is 19.0 Å². The molecule has 1 aliphatic rings. The summed E-state index contributed by atoms with van der Waals surface area (Å²) in [5.74, 6) is -1.77. The molecule has 6 heteroatoms. The van der Waals surface area contributed by atoms with E-state index >= 15 is 0 Å². The third-order valence-corrected chi connectivity index (χ3v) is 3.87. The zero-order valence-corrected chi connectivity index (χ0v) is 11.3. The molecular formula is C14H15FN2O3. The van der Waals surface area contributed by atoms with E-state index in [2.05, 4.69) is 18.8 Å². The van der Waals surface area contributed by atoms with Crippen molar-refractivity contribution in [3.8, 4) is 0 Å². The first-order valence-electron chi connectivity index (χ1n) is 6.37. The van der Waals surface area contributed by atoms with Crippen molar-refractivity contribution in [2.24, 2.45) is 5.41 Å². The van der Waals surface area contributed by atoms with Crippen LogP contribution >= 0.6 is 0 Å². The normalized spacial score (nSPS) is 21.4. The lowest BCUT2D eigenvalue weighted by atomic mass is 9.87. The summed E-state index contributed by atoms with van der Waals surface area (Å²) in [6, 6.07) is 2.47. The molecule has 1 aromatic carbocycles. The molecule has 1 unspecified atom stereocenters. The Hall–Kier alpha value is -1.95. The van der Waals surface area contributed by atoms with Crippen LogP contribution in [0.25, 0.3) is 11.0 Å². The van der Waals surface area contributed by atoms with Crippen molar-refractivity contribution in [3.63, 3.8) is 0 Å². The summed E-state index contributed by atoms with van der Waals surface area (Å²) in [6.45, 7) is 5.25. The molecule has 0 bridgehead atoms. The van der Waals surface area contributed by atoms with Gasteiger partial charge < -0.3 is 14.4 Å². The van der Waals surface area contributed by atoms with E-state index in [0.29, 0.717) is 18.7 Å². The van der Waals surface area contributed by atoms with Crippen molar-refractivity contribution in [3.05, 3.63) is 29.8 Å². The number of nitrogens with zero attached hydrogens (tertiary/aromatic N) is 2. The highest BCUT2D eigenvalue weighted by Gasteiger charge is 2.37. The van der Waals surface area contributed by atoms with E-state index in [1.165, 1.54) is 6.07 Å². The maximum Gasteiger partial charge on any atom is 0.335 e. The predicted octanol–water partition coefficient (Wildman–Crippen LogP) is 2.47. The van der Waals surface area contributed by atoms with Crippen LogP contribution in [0.1, 0.15) is 30.2 Å². The maximum absolute atomic E-state index is 13.9. The van der Waals surface area contributed by atoms with Gasteiger partial charge in [0.05, 0.1) is 36.7 Å². The van der Waals surface area contributed by atoms with Crippen LogP contribution in [0.3, 0.4) is 0 Å². The minimum Gasteiger partial charge on any atom is -0.478 e. The molecule has 3 rings (SSSR count). The smallest absolute Gasteiger partial charge is 0.335 e. The van der Waals surface area contributed by atoms with Crippen LogP contribution in [0.2, 0.25) is 0 Å². The van der Waals surface area contributed by atoms with Crippen molar-refractivity contribution in [2.45, 2.75) is 19.9 Å². The van der Waals surface area contributed by atoms with E-state index in [-0.39, 0.29) is 22.5 Å². The predicted molar refractivity (Wildman–Crippen MR) is 70.3 cm³/mol. The second-order valence-corrected chi connectivity index (χ2v) is 5.80. The first kappa shape index (κ1) is 13.1. The summed E-state index contributed by atoms with van der Waals surface area (Å²) in [6.07, 6.45) is 1.56. The first-order valence-corrected chi connectivity index (χ1v) is 6.37. The molecule has 1 aromatic heterocycles. The highest BCUT2D eigenvalue weighted by Crippen LogP contribution is 2.39. The van der Waals surface area contributed by atoms with Crippen molar-refractivity contribution in [1.82, 2.24) is 9.55 Å². The molecule has 0 aliphatic carbocycles. The standard InChI is InChI=1S/C14H15FN2O3/c1-14(2)6-20-5-11(14)17-7-16-12-9(15)3-8(13(18)19)4-10(12)17/h3-4,7,11H,5-6H2,1-2H3,(H,18,19). The van der Waals surface area contributed by atoms with Crippen LogP contribution in [-0.4, -0.2) is 33.8 Å². The fourth-order valence-electron chi connectivity index (χ4n) is 2.68. The van der Waals surface area contributed by atoms with Gasteiger partial charge in [0, 0.05) is 5.41 Å². The van der Waals surface area contributed by atoms with E-state index in [4.69, 9.17) is 9.84 Å². The summed E-state index contributed by atoms with van der Waals surface area (Å²) in [5, 5.41) is 9.04. The van der Waals surface area contributed by atoms with Gasteiger partial charge in [-0.05, 0) is 12.1 Å². The van der Waals surface area contributed by atoms with Gasteiger partial charge >= 0.3 is 5.97 Å². The number of ether oxygens (including phenoxy) is 1. The third kappa shape index (κ3) is 1.87. The van der Waals surface area contributed by atoms with Gasteiger partial charge in [-0.3, -0.25) is 0 Å². The molecule has 106 valence electrons. The highest BCUT2D eigenvalue weighted by molar-refractivity contribution is 5.92. The summed E-state index contributed by atoms with van der Waals surface area (Å²) >= 11 is 0. The average molecular weight is 278 g/mol. The quantitative estimate of drug-likeness (QED) is 0.916. The number of hydrogen-bond donors (Lipinski definition) is 1. The van der Waals surface area contributed by atoms with Crippen LogP contribution in [0.15, 0.2) is 18.5 Å². The molecule has 1 fully saturated rings. The topological polar surface area (TPSA) is 64.4 Å². The zero-order chi connectivity index (χ0) is 14.5. The number of fused-ring (bicyclic) bond motifs is 1. The molecule has 1 saturated heterocycles. The second kappa shape index (κ2) is 4.28. The summed E-state index contributed by atoms with van der Waals surface area (Å²) in [4.78, 5) is 15.1. The van der Waals surface area contributed by atoms with E-state index in [1.54, 1.807) is 6.33 Å². The number of carboxylic acid groups (broad SMARTS) is 1. The van der Waals surface area contributed by atoms with Gasteiger partial charge in [0.2, 0.25) is 0 Å². The van der Waals surface area contributed by atoms with E-state index in [0.717, 1.165) is 6.07 Å². The summed E-state index contributed by atoms with van der Waals surface area (Å²) in [5.41, 5.74) is 0.501. The third-order valence-electron chi connectivity index (χ3n) is 3.87. The number of halogens is 1. The molecule has 2 aromatic rings. The lowest BCUT2D eigenvalue weighted by Gasteiger charge is -2.26. The lowest BCUT2D eigenvalue weighted by Crippen LogP contribution is -2.25. The Bertz CT molecular complexity index is 693. The van der Waals surface area contributed by atoms with Crippen molar-refractivity contribution in [2.75, 3.05) is 13.2 Å². The van der Waals surface area contributed by atoms with Crippen LogP contribution in [-0.2, 0) is 4.74 Å². The molecule has 0 radical (unpaired) electrons. The van der Waals surface area contributed by atoms with E-state index < -0.39 is 11.8 Å². The largest absolute Gasteiger partial charge is 0.478 e. The van der Waals surface area contributed by atoms with Crippen molar-refractivity contribution in [1.29, 1.82) is 0 Å². The second-order valence-electron chi connectivity index (χ2n) is 5.80. The van der Waals surface area contributed by atoms with Gasteiger partial charge in [0.15, 0.2) is 5.82 Å². The molecule has 0 saturated carbocycles. The molecule has 5 nitrogen and oxygen atoms in total. The van der Waals surface area contributed by atoms with Gasteiger partial charge in [-0.25, -0.2) is 14.2 Å². The molecule has 1 aliphatic heterocycles. The fraction of sp³-hybridized carbons (Fsp3) is 0.429. The first-order chi connectivity index (χ1) is 9.40. The number of imidazole rings is 1. The van der Waals surface area contributed by atoms with Crippen LogP contribution < -0.4 is 0 Å². The van der Waals surface area contributed by atoms with E-state index in [9.17, 15) is 9.18 Å². The summed E-state index contributed by atoms with van der Waals surface area (Å²) in [7, 11) is 0. The Morgan fingerprint density at radius 2 is 2.30 bits per heavy atom. The van der Waals surface area contributed by atoms with Gasteiger partial charge in [-0.2, -0.15) is 0 Å². The van der Waals surface area contributed by atoms with Gasteiger partial charge in [0.25, 0.3) is 0 Å². The molecular weight excluding hydrogens is 263 g/mol. The van der Waals surface area contributed by atoms with Gasteiger partial charge in [-0.15, -0.1) is 0 Å². The fourth-order valence-corrected chi connectivity index (χ4v) is 2.68. The number of aromatic carboxylic acids is 1. The Kier molecular flexibility index (Phi) is 2.79. The molecule has 0 spiro atoms. The van der Waals surface area contributed by atoms with Crippen LogP contribution in [0.4, 0.5) is 4.39 Å². The maximum atomic E-state index is 13.9. The number of carbonyl (C=O) groups is 1.